The summed E-state index contributed by atoms with van der Waals surface area (Å²) < 4.78 is 7.42. The fourth-order valence-electron chi connectivity index (χ4n) is 2.90. The van der Waals surface area contributed by atoms with Crippen LogP contribution in [0.4, 0.5) is 11.4 Å². The van der Waals surface area contributed by atoms with Crippen LogP contribution in [0.15, 0.2) is 82.4 Å². The van der Waals surface area contributed by atoms with Crippen LogP contribution in [0.5, 0.6) is 0 Å². The molecule has 0 saturated heterocycles. The van der Waals surface area contributed by atoms with Gasteiger partial charge in [-0.2, -0.15) is 5.10 Å². The van der Waals surface area contributed by atoms with Crippen LogP contribution in [0, 0.1) is 0 Å². The molecule has 4 aromatic rings. The molecule has 0 spiro atoms. The lowest BCUT2D eigenvalue weighted by Gasteiger charge is -2.19. The number of rotatable bonds is 5. The summed E-state index contributed by atoms with van der Waals surface area (Å²) in [5.74, 6) is -0.527. The van der Waals surface area contributed by atoms with E-state index in [0.717, 1.165) is 5.69 Å². The zero-order valence-electron chi connectivity index (χ0n) is 15.8. The Morgan fingerprint density at radius 2 is 1.83 bits per heavy atom. The number of amides is 2. The van der Waals surface area contributed by atoms with E-state index in [1.165, 1.54) is 11.2 Å². The average molecular weight is 466 g/mol. The van der Waals surface area contributed by atoms with E-state index in [1.54, 1.807) is 66.6 Å². The molecule has 30 heavy (non-hydrogen) atoms. The fraction of sp³-hybridized carbons (Fsp3) is 0.0476. The zero-order chi connectivity index (χ0) is 21.1. The number of nitrogens with one attached hydrogen (secondary N) is 1. The Bertz CT molecular complexity index is 1190. The number of para-hydroxylation sites is 1. The average Bonchev–Trinajstić information content (AvgIpc) is 3.45. The fourth-order valence-corrected chi connectivity index (χ4v) is 3.21. The van der Waals surface area contributed by atoms with Gasteiger partial charge in [-0.05, 0) is 64.5 Å². The highest BCUT2D eigenvalue weighted by molar-refractivity contribution is 9.10. The Kier molecular flexibility index (Phi) is 5.44. The highest BCUT2D eigenvalue weighted by Gasteiger charge is 2.22. The predicted octanol–water partition coefficient (Wildman–Crippen LogP) is 4.15. The molecule has 0 aliphatic heterocycles. The first-order valence-corrected chi connectivity index (χ1v) is 9.71. The first-order chi connectivity index (χ1) is 14.5. The summed E-state index contributed by atoms with van der Waals surface area (Å²) >= 11 is 3.19. The van der Waals surface area contributed by atoms with Gasteiger partial charge >= 0.3 is 0 Å². The maximum absolute atomic E-state index is 12.9. The van der Waals surface area contributed by atoms with E-state index in [2.05, 4.69) is 31.3 Å². The van der Waals surface area contributed by atoms with Gasteiger partial charge in [0.2, 0.25) is 0 Å². The van der Waals surface area contributed by atoms with E-state index in [9.17, 15) is 9.59 Å². The Labute approximate surface area is 180 Å². The molecule has 9 heteroatoms. The Balaban J connectivity index is 1.54. The first-order valence-electron chi connectivity index (χ1n) is 8.92. The van der Waals surface area contributed by atoms with Crippen LogP contribution >= 0.6 is 15.9 Å². The molecule has 0 fully saturated rings. The minimum atomic E-state index is -0.363. The molecule has 2 aromatic heterocycles. The van der Waals surface area contributed by atoms with Crippen LogP contribution in [0.25, 0.3) is 5.69 Å². The van der Waals surface area contributed by atoms with Gasteiger partial charge in [0.1, 0.15) is 12.7 Å². The standard InChI is InChI=1S/C21H16BrN5O3/c1-26(21(29)18-10-11-19(22)30-18)17-5-3-2-4-16(17)20(28)25-14-6-8-15(9-7-14)27-13-23-12-24-27/h2-13H,1H3,(H,25,28). The third-order valence-electron chi connectivity index (χ3n) is 4.41. The van der Waals surface area contributed by atoms with Gasteiger partial charge in [-0.25, -0.2) is 9.67 Å². The van der Waals surface area contributed by atoms with Crippen molar-refractivity contribution < 1.29 is 14.0 Å². The minimum absolute atomic E-state index is 0.170. The number of aromatic nitrogens is 3. The number of anilines is 2. The van der Waals surface area contributed by atoms with Crippen molar-refractivity contribution in [1.29, 1.82) is 0 Å². The number of benzene rings is 2. The largest absolute Gasteiger partial charge is 0.444 e. The summed E-state index contributed by atoms with van der Waals surface area (Å²) in [5.41, 5.74) is 2.26. The van der Waals surface area contributed by atoms with Gasteiger partial charge < -0.3 is 14.6 Å². The van der Waals surface area contributed by atoms with E-state index in [1.807, 2.05) is 12.1 Å². The second kappa shape index (κ2) is 8.34. The summed E-state index contributed by atoms with van der Waals surface area (Å²) in [7, 11) is 1.60. The first kappa shape index (κ1) is 19.6. The van der Waals surface area contributed by atoms with Gasteiger partial charge in [0.05, 0.1) is 16.9 Å². The number of furan rings is 1. The van der Waals surface area contributed by atoms with Crippen LogP contribution in [-0.4, -0.2) is 33.6 Å². The van der Waals surface area contributed by atoms with Crippen molar-refractivity contribution in [3.8, 4) is 5.69 Å². The molecule has 150 valence electrons. The highest BCUT2D eigenvalue weighted by atomic mass is 79.9. The van der Waals surface area contributed by atoms with Crippen molar-refractivity contribution in [2.45, 2.75) is 0 Å². The van der Waals surface area contributed by atoms with Gasteiger partial charge in [-0.3, -0.25) is 9.59 Å². The Morgan fingerprint density at radius 1 is 1.07 bits per heavy atom. The number of hydrogen-bond donors (Lipinski definition) is 1. The number of nitrogens with zero attached hydrogens (tertiary/aromatic N) is 4. The lowest BCUT2D eigenvalue weighted by Crippen LogP contribution is -2.28. The van der Waals surface area contributed by atoms with Crippen molar-refractivity contribution >= 4 is 39.1 Å². The number of halogens is 1. The van der Waals surface area contributed by atoms with Gasteiger partial charge in [-0.15, -0.1) is 0 Å². The van der Waals surface area contributed by atoms with E-state index >= 15 is 0 Å². The molecule has 0 bridgehead atoms. The lowest BCUT2D eigenvalue weighted by molar-refractivity contribution is 0.0965. The van der Waals surface area contributed by atoms with Crippen LogP contribution < -0.4 is 10.2 Å². The number of carbonyl (C=O) groups excluding carboxylic acids is 2. The molecule has 0 radical (unpaired) electrons. The molecule has 2 aromatic carbocycles. The van der Waals surface area contributed by atoms with Gasteiger partial charge in [-0.1, -0.05) is 12.1 Å². The SMILES string of the molecule is CN(C(=O)c1ccc(Br)o1)c1ccccc1C(=O)Nc1ccc(-n2cncn2)cc1. The van der Waals surface area contributed by atoms with E-state index < -0.39 is 0 Å². The molecular weight excluding hydrogens is 450 g/mol. The topological polar surface area (TPSA) is 93.3 Å². The highest BCUT2D eigenvalue weighted by Crippen LogP contribution is 2.24. The van der Waals surface area contributed by atoms with Crippen molar-refractivity contribution in [1.82, 2.24) is 14.8 Å². The third kappa shape index (κ3) is 4.01. The molecule has 2 heterocycles. The molecule has 0 atom stereocenters. The molecule has 0 unspecified atom stereocenters. The second-order valence-electron chi connectivity index (χ2n) is 6.33. The van der Waals surface area contributed by atoms with Crippen LogP contribution in [-0.2, 0) is 0 Å². The summed E-state index contributed by atoms with van der Waals surface area (Å²) in [6, 6.07) is 17.3. The van der Waals surface area contributed by atoms with Gasteiger partial charge in [0.15, 0.2) is 10.4 Å². The maximum Gasteiger partial charge on any atom is 0.293 e. The molecular formula is C21H16BrN5O3. The van der Waals surface area contributed by atoms with Gasteiger partial charge in [0.25, 0.3) is 11.8 Å². The lowest BCUT2D eigenvalue weighted by atomic mass is 10.1. The molecule has 0 saturated carbocycles. The second-order valence-corrected chi connectivity index (χ2v) is 7.11. The Hall–Kier alpha value is -3.72. The van der Waals surface area contributed by atoms with Crippen molar-refractivity contribution in [3.05, 3.63) is 89.3 Å². The molecule has 0 aliphatic rings. The Morgan fingerprint density at radius 3 is 2.50 bits per heavy atom. The van der Waals surface area contributed by atoms with Crippen LogP contribution in [0.1, 0.15) is 20.9 Å². The number of hydrogen-bond acceptors (Lipinski definition) is 5. The normalized spacial score (nSPS) is 10.6. The van der Waals surface area contributed by atoms with Crippen LogP contribution in [0.2, 0.25) is 0 Å². The predicted molar refractivity (Wildman–Crippen MR) is 115 cm³/mol. The number of carbonyl (C=O) groups is 2. The summed E-state index contributed by atoms with van der Waals surface area (Å²) in [4.78, 5) is 30.9. The smallest absolute Gasteiger partial charge is 0.293 e. The van der Waals surface area contributed by atoms with Crippen molar-refractivity contribution in [3.63, 3.8) is 0 Å². The van der Waals surface area contributed by atoms with E-state index in [-0.39, 0.29) is 17.6 Å². The van der Waals surface area contributed by atoms with Gasteiger partial charge in [0, 0.05) is 12.7 Å². The maximum atomic E-state index is 12.9. The van der Waals surface area contributed by atoms with E-state index in [4.69, 9.17) is 4.42 Å². The minimum Gasteiger partial charge on any atom is -0.444 e. The van der Waals surface area contributed by atoms with Crippen LogP contribution in [0.3, 0.4) is 0 Å². The molecule has 0 aliphatic carbocycles. The molecule has 2 amide bonds. The quantitative estimate of drug-likeness (QED) is 0.477. The third-order valence-corrected chi connectivity index (χ3v) is 4.83. The van der Waals surface area contributed by atoms with Crippen molar-refractivity contribution in [2.24, 2.45) is 0 Å². The molecule has 1 N–H and O–H groups in total. The zero-order valence-corrected chi connectivity index (χ0v) is 17.4. The summed E-state index contributed by atoms with van der Waals surface area (Å²) in [6.07, 6.45) is 3.04. The summed E-state index contributed by atoms with van der Waals surface area (Å²) in [5, 5.41) is 6.92. The van der Waals surface area contributed by atoms with E-state index in [0.29, 0.717) is 21.6 Å². The monoisotopic (exact) mass is 465 g/mol. The molecule has 8 nitrogen and oxygen atoms in total. The molecule has 4 rings (SSSR count). The van der Waals surface area contributed by atoms with Crippen molar-refractivity contribution in [2.75, 3.05) is 17.3 Å². The summed E-state index contributed by atoms with van der Waals surface area (Å²) in [6.45, 7) is 0.